The Morgan fingerprint density at radius 2 is 2.22 bits per heavy atom. The van der Waals surface area contributed by atoms with Crippen molar-refractivity contribution < 1.29 is 9.53 Å². The molecule has 0 atom stereocenters. The van der Waals surface area contributed by atoms with E-state index in [1.165, 1.54) is 7.11 Å². The van der Waals surface area contributed by atoms with E-state index in [1.54, 1.807) is 23.8 Å². The molecule has 0 N–H and O–H groups in total. The maximum atomic E-state index is 10.8. The summed E-state index contributed by atoms with van der Waals surface area (Å²) in [5.41, 5.74) is 2.47. The quantitative estimate of drug-likeness (QED) is 0.355. The number of rotatable bonds is 3. The van der Waals surface area contributed by atoms with Crippen molar-refractivity contribution in [3.8, 4) is 6.07 Å². The number of aldehydes is 1. The maximum Gasteiger partial charge on any atom is 0.185 e. The SMILES string of the molecule is CO/C(C)=N\C(C#N)=C\n1c(C)cc(C=O)c1C. The molecule has 1 rings (SSSR count). The molecule has 0 radical (unpaired) electrons. The van der Waals surface area contributed by atoms with Crippen LogP contribution in [0.25, 0.3) is 6.20 Å². The summed E-state index contributed by atoms with van der Waals surface area (Å²) >= 11 is 0. The number of aromatic nitrogens is 1. The largest absolute Gasteiger partial charge is 0.484 e. The van der Waals surface area contributed by atoms with Crippen molar-refractivity contribution in [2.75, 3.05) is 7.11 Å². The molecular formula is C13H15N3O2. The smallest absolute Gasteiger partial charge is 0.185 e. The molecule has 0 aliphatic carbocycles. The van der Waals surface area contributed by atoms with Crippen LogP contribution in [-0.2, 0) is 4.74 Å². The molecule has 1 aromatic heterocycles. The number of aryl methyl sites for hydroxylation is 1. The molecular weight excluding hydrogens is 230 g/mol. The Hall–Kier alpha value is -2.35. The number of nitrogens with zero attached hydrogens (tertiary/aromatic N) is 3. The summed E-state index contributed by atoms with van der Waals surface area (Å²) < 4.78 is 6.66. The van der Waals surface area contributed by atoms with E-state index in [-0.39, 0.29) is 5.70 Å². The van der Waals surface area contributed by atoms with E-state index in [0.29, 0.717) is 11.5 Å². The molecule has 5 heteroatoms. The van der Waals surface area contributed by atoms with Crippen molar-refractivity contribution in [3.05, 3.63) is 28.7 Å². The van der Waals surface area contributed by atoms with Crippen LogP contribution in [0.2, 0.25) is 0 Å². The fraction of sp³-hybridized carbons (Fsp3) is 0.308. The zero-order chi connectivity index (χ0) is 13.7. The van der Waals surface area contributed by atoms with E-state index in [1.807, 2.05) is 19.9 Å². The van der Waals surface area contributed by atoms with Gasteiger partial charge >= 0.3 is 0 Å². The van der Waals surface area contributed by atoms with Gasteiger partial charge in [0.25, 0.3) is 0 Å². The van der Waals surface area contributed by atoms with E-state index in [4.69, 9.17) is 10.00 Å². The van der Waals surface area contributed by atoms with Crippen LogP contribution in [0.4, 0.5) is 0 Å². The first-order valence-corrected chi connectivity index (χ1v) is 5.38. The van der Waals surface area contributed by atoms with Crippen LogP contribution in [0.5, 0.6) is 0 Å². The van der Waals surface area contributed by atoms with E-state index < -0.39 is 0 Å². The normalized spacial score (nSPS) is 12.2. The number of carbonyl (C=O) groups is 1. The van der Waals surface area contributed by atoms with E-state index >= 15 is 0 Å². The fourth-order valence-electron chi connectivity index (χ4n) is 1.54. The summed E-state index contributed by atoms with van der Waals surface area (Å²) in [6.07, 6.45) is 2.38. The van der Waals surface area contributed by atoms with Gasteiger partial charge in [-0.25, -0.2) is 4.99 Å². The molecule has 0 fully saturated rings. The minimum atomic E-state index is 0.216. The van der Waals surface area contributed by atoms with Crippen LogP contribution < -0.4 is 0 Å². The molecule has 0 saturated carbocycles. The Labute approximate surface area is 106 Å². The standard InChI is InChI=1S/C13H15N3O2/c1-9-5-12(8-17)10(2)16(9)7-13(6-14)15-11(3)18-4/h5,7-8H,1-4H3/b13-7+,15-11-. The second kappa shape index (κ2) is 5.82. The van der Waals surface area contributed by atoms with E-state index in [2.05, 4.69) is 4.99 Å². The number of hydrogen-bond acceptors (Lipinski definition) is 4. The van der Waals surface area contributed by atoms with Crippen molar-refractivity contribution in [2.24, 2.45) is 4.99 Å². The number of ether oxygens (including phenoxy) is 1. The molecule has 0 bridgehead atoms. The molecule has 1 aromatic rings. The van der Waals surface area contributed by atoms with Crippen LogP contribution in [-0.4, -0.2) is 23.9 Å². The minimum absolute atomic E-state index is 0.216. The molecule has 0 spiro atoms. The molecule has 0 aromatic carbocycles. The first kappa shape index (κ1) is 13.7. The van der Waals surface area contributed by atoms with Crippen LogP contribution in [0.15, 0.2) is 16.8 Å². The van der Waals surface area contributed by atoms with Crippen molar-refractivity contribution in [1.82, 2.24) is 4.57 Å². The van der Waals surface area contributed by atoms with Crippen LogP contribution >= 0.6 is 0 Å². The molecule has 18 heavy (non-hydrogen) atoms. The van der Waals surface area contributed by atoms with Gasteiger partial charge in [0.15, 0.2) is 17.9 Å². The Kier molecular flexibility index (Phi) is 4.44. The minimum Gasteiger partial charge on any atom is -0.484 e. The zero-order valence-electron chi connectivity index (χ0n) is 10.9. The summed E-state index contributed by atoms with van der Waals surface area (Å²) in [7, 11) is 1.49. The molecule has 1 heterocycles. The summed E-state index contributed by atoms with van der Waals surface area (Å²) in [6, 6.07) is 3.75. The maximum absolute atomic E-state index is 10.8. The van der Waals surface area contributed by atoms with Crippen molar-refractivity contribution in [1.29, 1.82) is 5.26 Å². The van der Waals surface area contributed by atoms with Gasteiger partial charge in [0.2, 0.25) is 0 Å². The lowest BCUT2D eigenvalue weighted by molar-refractivity contribution is 0.112. The van der Waals surface area contributed by atoms with Gasteiger partial charge in [0.1, 0.15) is 6.07 Å². The molecule has 0 aliphatic rings. The van der Waals surface area contributed by atoms with E-state index in [9.17, 15) is 4.79 Å². The molecule has 94 valence electrons. The highest BCUT2D eigenvalue weighted by Gasteiger charge is 2.07. The predicted octanol–water partition coefficient (Wildman–Crippen LogP) is 2.30. The number of methoxy groups -OCH3 is 1. The van der Waals surface area contributed by atoms with Gasteiger partial charge in [0, 0.05) is 30.1 Å². The van der Waals surface area contributed by atoms with Gasteiger partial charge < -0.3 is 9.30 Å². The van der Waals surface area contributed by atoms with Gasteiger partial charge in [-0.15, -0.1) is 0 Å². The monoisotopic (exact) mass is 245 g/mol. The van der Waals surface area contributed by atoms with E-state index in [0.717, 1.165) is 17.7 Å². The zero-order valence-corrected chi connectivity index (χ0v) is 10.9. The highest BCUT2D eigenvalue weighted by Crippen LogP contribution is 2.15. The summed E-state index contributed by atoms with van der Waals surface area (Å²) in [6.45, 7) is 5.34. The average Bonchev–Trinajstić information content (AvgIpc) is 2.64. The van der Waals surface area contributed by atoms with Gasteiger partial charge in [0.05, 0.1) is 7.11 Å². The third-order valence-corrected chi connectivity index (χ3v) is 2.59. The first-order chi connectivity index (χ1) is 8.53. The van der Waals surface area contributed by atoms with Crippen molar-refractivity contribution >= 4 is 18.4 Å². The fourth-order valence-corrected chi connectivity index (χ4v) is 1.54. The lowest BCUT2D eigenvalue weighted by atomic mass is 10.3. The summed E-state index contributed by atoms with van der Waals surface area (Å²) in [4.78, 5) is 14.8. The van der Waals surface area contributed by atoms with Gasteiger partial charge in [-0.1, -0.05) is 0 Å². The molecule has 0 saturated heterocycles. The summed E-state index contributed by atoms with van der Waals surface area (Å²) in [5.74, 6) is 0.404. The Morgan fingerprint density at radius 1 is 1.56 bits per heavy atom. The van der Waals surface area contributed by atoms with Crippen molar-refractivity contribution in [2.45, 2.75) is 20.8 Å². The number of hydrogen-bond donors (Lipinski definition) is 0. The van der Waals surface area contributed by atoms with Crippen LogP contribution in [0.3, 0.4) is 0 Å². The highest BCUT2D eigenvalue weighted by molar-refractivity contribution is 5.78. The van der Waals surface area contributed by atoms with Gasteiger partial charge in [-0.2, -0.15) is 5.26 Å². The predicted molar refractivity (Wildman–Crippen MR) is 69.3 cm³/mol. The number of aliphatic imine (C=N–C) groups is 1. The average molecular weight is 245 g/mol. The second-order valence-electron chi connectivity index (χ2n) is 3.78. The number of carbonyl (C=O) groups excluding carboxylic acids is 1. The van der Waals surface area contributed by atoms with Crippen LogP contribution in [0, 0.1) is 25.2 Å². The first-order valence-electron chi connectivity index (χ1n) is 5.38. The third kappa shape index (κ3) is 2.86. The molecule has 5 nitrogen and oxygen atoms in total. The van der Waals surface area contributed by atoms with Gasteiger partial charge in [-0.05, 0) is 19.9 Å². The number of allylic oxidation sites excluding steroid dienone is 1. The Bertz CT molecular complexity index is 560. The van der Waals surface area contributed by atoms with Crippen LogP contribution in [0.1, 0.15) is 28.7 Å². The Balaban J connectivity index is 3.27. The van der Waals surface area contributed by atoms with Crippen molar-refractivity contribution in [3.63, 3.8) is 0 Å². The molecule has 0 amide bonds. The lowest BCUT2D eigenvalue weighted by Gasteiger charge is -2.03. The topological polar surface area (TPSA) is 67.4 Å². The summed E-state index contributed by atoms with van der Waals surface area (Å²) in [5, 5.41) is 9.01. The second-order valence-corrected chi connectivity index (χ2v) is 3.78. The number of nitriles is 1. The lowest BCUT2D eigenvalue weighted by Crippen LogP contribution is -1.97. The Morgan fingerprint density at radius 3 is 2.67 bits per heavy atom. The highest BCUT2D eigenvalue weighted by atomic mass is 16.5. The molecule has 0 aliphatic heterocycles. The van der Waals surface area contributed by atoms with Gasteiger partial charge in [-0.3, -0.25) is 4.79 Å². The third-order valence-electron chi connectivity index (χ3n) is 2.59. The molecule has 0 unspecified atom stereocenters.